The third kappa shape index (κ3) is 5.02. The van der Waals surface area contributed by atoms with Gasteiger partial charge in [-0.2, -0.15) is 0 Å². The Morgan fingerprint density at radius 1 is 0.345 bits per heavy atom. The Labute approximate surface area is 320 Å². The molecule has 0 aliphatic heterocycles. The summed E-state index contributed by atoms with van der Waals surface area (Å²) in [6, 6.07) is 66.0. The molecule has 11 rings (SSSR count). The van der Waals surface area contributed by atoms with Crippen LogP contribution >= 0.6 is 0 Å². The van der Waals surface area contributed by atoms with Gasteiger partial charge in [0.15, 0.2) is 5.82 Å². The first-order valence-electron chi connectivity index (χ1n) is 19.1. The van der Waals surface area contributed by atoms with E-state index >= 15 is 0 Å². The van der Waals surface area contributed by atoms with Crippen molar-refractivity contribution < 1.29 is 0 Å². The van der Waals surface area contributed by atoms with Crippen LogP contribution in [0.25, 0.3) is 99.2 Å². The van der Waals surface area contributed by atoms with Crippen LogP contribution in [0.2, 0.25) is 0 Å². The number of aromatic nitrogens is 2. The van der Waals surface area contributed by atoms with Gasteiger partial charge in [0.2, 0.25) is 0 Å². The van der Waals surface area contributed by atoms with Crippen LogP contribution < -0.4 is 0 Å². The lowest BCUT2D eigenvalue weighted by molar-refractivity contribution is 0.661. The van der Waals surface area contributed by atoms with Gasteiger partial charge in [-0.15, -0.1) is 0 Å². The topological polar surface area (TPSA) is 25.8 Å². The lowest BCUT2D eigenvalue weighted by Gasteiger charge is -2.22. The quantitative estimate of drug-likeness (QED) is 0.183. The summed E-state index contributed by atoms with van der Waals surface area (Å²) in [6.45, 7) is 4.72. The molecule has 0 N–H and O–H groups in total. The molecule has 2 nitrogen and oxygen atoms in total. The van der Waals surface area contributed by atoms with Gasteiger partial charge in [-0.25, -0.2) is 9.97 Å². The maximum absolute atomic E-state index is 5.29. The Morgan fingerprint density at radius 2 is 0.836 bits per heavy atom. The molecule has 0 atom stereocenters. The predicted octanol–water partition coefficient (Wildman–Crippen LogP) is 14.1. The summed E-state index contributed by atoms with van der Waals surface area (Å²) in [5.74, 6) is 0.714. The molecule has 0 saturated heterocycles. The number of fused-ring (bicyclic) bond motifs is 7. The molecule has 1 aliphatic carbocycles. The zero-order valence-corrected chi connectivity index (χ0v) is 30.7. The minimum Gasteiger partial charge on any atom is -0.228 e. The standard InChI is InChI=1S/C53H36N2/c1-53(2)47-23-11-20-43(51(47)46-30-35-14-3-4-15-36(35)31-48(46)53)39-26-24-38-29-40(27-25-37(38)28-39)52-54-49(44-21-9-16-33-12-5-7-18-41(33)44)32-50(55-52)45-22-10-17-34-13-6-8-19-42(34)45/h3-32H,1-2H3. The van der Waals surface area contributed by atoms with Gasteiger partial charge in [-0.1, -0.05) is 166 Å². The molecule has 1 heterocycles. The van der Waals surface area contributed by atoms with Crippen LogP contribution in [0.5, 0.6) is 0 Å². The second-order valence-electron chi connectivity index (χ2n) is 15.4. The first-order chi connectivity index (χ1) is 27.0. The lowest BCUT2D eigenvalue weighted by atomic mass is 9.81. The first kappa shape index (κ1) is 31.6. The van der Waals surface area contributed by atoms with Crippen LogP contribution in [0.1, 0.15) is 25.0 Å². The summed E-state index contributed by atoms with van der Waals surface area (Å²) in [4.78, 5) is 10.6. The number of hydrogen-bond donors (Lipinski definition) is 0. The van der Waals surface area contributed by atoms with Crippen molar-refractivity contribution in [3.63, 3.8) is 0 Å². The minimum absolute atomic E-state index is 0.0814. The Kier molecular flexibility index (Phi) is 6.93. The normalized spacial score (nSPS) is 13.1. The summed E-state index contributed by atoms with van der Waals surface area (Å²) >= 11 is 0. The van der Waals surface area contributed by atoms with Crippen molar-refractivity contribution in [3.8, 4) is 56.2 Å². The fourth-order valence-electron chi connectivity index (χ4n) is 9.02. The van der Waals surface area contributed by atoms with E-state index in [1.165, 1.54) is 71.1 Å². The Balaban J connectivity index is 1.05. The molecule has 1 aliphatic rings. The number of benzene rings is 9. The molecule has 0 unspecified atom stereocenters. The molecule has 0 amide bonds. The fourth-order valence-corrected chi connectivity index (χ4v) is 9.02. The Bertz CT molecular complexity index is 3080. The van der Waals surface area contributed by atoms with Crippen LogP contribution in [0.15, 0.2) is 182 Å². The summed E-state index contributed by atoms with van der Waals surface area (Å²) in [6.07, 6.45) is 0. The van der Waals surface area contributed by atoms with Crippen LogP contribution in [0.3, 0.4) is 0 Å². The smallest absolute Gasteiger partial charge is 0.160 e. The van der Waals surface area contributed by atoms with Gasteiger partial charge in [0.1, 0.15) is 0 Å². The van der Waals surface area contributed by atoms with Crippen LogP contribution in [-0.4, -0.2) is 9.97 Å². The average molecular weight is 701 g/mol. The molecule has 9 aromatic carbocycles. The van der Waals surface area contributed by atoms with E-state index in [0.29, 0.717) is 5.82 Å². The monoisotopic (exact) mass is 700 g/mol. The largest absolute Gasteiger partial charge is 0.228 e. The number of rotatable bonds is 4. The van der Waals surface area contributed by atoms with Gasteiger partial charge < -0.3 is 0 Å². The highest BCUT2D eigenvalue weighted by Crippen LogP contribution is 2.53. The summed E-state index contributed by atoms with van der Waals surface area (Å²) < 4.78 is 0. The molecule has 1 aromatic heterocycles. The number of hydrogen-bond acceptors (Lipinski definition) is 2. The van der Waals surface area contributed by atoms with E-state index in [-0.39, 0.29) is 5.41 Å². The van der Waals surface area contributed by atoms with Gasteiger partial charge in [-0.3, -0.25) is 0 Å². The molecule has 0 saturated carbocycles. The van der Waals surface area contributed by atoms with Crippen molar-refractivity contribution >= 4 is 43.1 Å². The molecule has 10 aromatic rings. The lowest BCUT2D eigenvalue weighted by Crippen LogP contribution is -2.14. The molecule has 0 radical (unpaired) electrons. The molecule has 258 valence electrons. The van der Waals surface area contributed by atoms with Gasteiger partial charge in [0.05, 0.1) is 11.4 Å². The molecule has 55 heavy (non-hydrogen) atoms. The average Bonchev–Trinajstić information content (AvgIpc) is 3.46. The third-order valence-electron chi connectivity index (χ3n) is 11.8. The van der Waals surface area contributed by atoms with Crippen LogP contribution in [0.4, 0.5) is 0 Å². The molecule has 0 spiro atoms. The molecule has 2 heteroatoms. The Hall–Kier alpha value is -6.90. The Morgan fingerprint density at radius 3 is 1.49 bits per heavy atom. The summed E-state index contributed by atoms with van der Waals surface area (Å²) in [5, 5.41) is 9.66. The highest BCUT2D eigenvalue weighted by atomic mass is 14.9. The van der Waals surface area contributed by atoms with Gasteiger partial charge in [-0.05, 0) is 107 Å². The third-order valence-corrected chi connectivity index (χ3v) is 11.8. The molecule has 0 bridgehead atoms. The zero-order valence-electron chi connectivity index (χ0n) is 30.7. The minimum atomic E-state index is -0.0814. The van der Waals surface area contributed by atoms with E-state index in [1.807, 2.05) is 0 Å². The maximum Gasteiger partial charge on any atom is 0.160 e. The van der Waals surface area contributed by atoms with Crippen molar-refractivity contribution in [2.75, 3.05) is 0 Å². The van der Waals surface area contributed by atoms with Gasteiger partial charge in [0.25, 0.3) is 0 Å². The summed E-state index contributed by atoms with van der Waals surface area (Å²) in [7, 11) is 0. The van der Waals surface area contributed by atoms with E-state index in [9.17, 15) is 0 Å². The van der Waals surface area contributed by atoms with Crippen molar-refractivity contribution in [2.45, 2.75) is 19.3 Å². The van der Waals surface area contributed by atoms with E-state index in [4.69, 9.17) is 9.97 Å². The second-order valence-corrected chi connectivity index (χ2v) is 15.4. The highest BCUT2D eigenvalue weighted by Gasteiger charge is 2.37. The first-order valence-corrected chi connectivity index (χ1v) is 19.1. The van der Waals surface area contributed by atoms with Crippen molar-refractivity contribution in [1.29, 1.82) is 0 Å². The molecular weight excluding hydrogens is 665 g/mol. The van der Waals surface area contributed by atoms with E-state index in [2.05, 4.69) is 196 Å². The molecular formula is C53H36N2. The van der Waals surface area contributed by atoms with Crippen molar-refractivity contribution in [2.24, 2.45) is 0 Å². The van der Waals surface area contributed by atoms with E-state index in [1.54, 1.807) is 0 Å². The van der Waals surface area contributed by atoms with Gasteiger partial charge in [0, 0.05) is 22.1 Å². The van der Waals surface area contributed by atoms with Crippen LogP contribution in [-0.2, 0) is 5.41 Å². The van der Waals surface area contributed by atoms with Gasteiger partial charge >= 0.3 is 0 Å². The second kappa shape index (κ2) is 12.1. The molecule has 0 fully saturated rings. The highest BCUT2D eigenvalue weighted by molar-refractivity contribution is 6.02. The van der Waals surface area contributed by atoms with Crippen molar-refractivity contribution in [1.82, 2.24) is 9.97 Å². The zero-order chi connectivity index (χ0) is 36.7. The van der Waals surface area contributed by atoms with E-state index < -0.39 is 0 Å². The fraction of sp³-hybridized carbons (Fsp3) is 0.0566. The summed E-state index contributed by atoms with van der Waals surface area (Å²) in [5.41, 5.74) is 12.9. The predicted molar refractivity (Wildman–Crippen MR) is 231 cm³/mol. The SMILES string of the molecule is CC1(C)c2cc3ccccc3cc2-c2c(-c3ccc4cc(-c5nc(-c6cccc7ccccc67)cc(-c6cccc7ccccc67)n5)ccc4c3)cccc21. The van der Waals surface area contributed by atoms with Crippen molar-refractivity contribution in [3.05, 3.63) is 193 Å². The maximum atomic E-state index is 5.29. The number of nitrogens with zero attached hydrogens (tertiary/aromatic N) is 2. The van der Waals surface area contributed by atoms with E-state index in [0.717, 1.165) is 33.5 Å². The van der Waals surface area contributed by atoms with Crippen LogP contribution in [0, 0.1) is 0 Å².